The van der Waals surface area contributed by atoms with Crippen LogP contribution in [0.5, 0.6) is 0 Å². The zero-order valence-corrected chi connectivity index (χ0v) is 13.0. The van der Waals surface area contributed by atoms with Crippen LogP contribution >= 0.6 is 11.6 Å². The molecule has 4 aliphatic carbocycles. The van der Waals surface area contributed by atoms with Gasteiger partial charge >= 0.3 is 0 Å². The number of nitrogens with zero attached hydrogens (tertiary/aromatic N) is 1. The number of hydrogen-bond donors (Lipinski definition) is 0. The third-order valence-electron chi connectivity index (χ3n) is 5.83. The van der Waals surface area contributed by atoms with E-state index in [-0.39, 0.29) is 5.41 Å². The lowest BCUT2D eigenvalue weighted by Crippen LogP contribution is -2.57. The topological polar surface area (TPSA) is 20.3 Å². The van der Waals surface area contributed by atoms with Crippen molar-refractivity contribution in [3.8, 4) is 0 Å². The molecule has 1 amide bonds. The molecular weight excluding hydrogens is 258 g/mol. The summed E-state index contributed by atoms with van der Waals surface area (Å²) >= 11 is 5.86. The van der Waals surface area contributed by atoms with Crippen LogP contribution in [0.1, 0.15) is 52.4 Å². The van der Waals surface area contributed by atoms with Crippen LogP contribution < -0.4 is 0 Å². The van der Waals surface area contributed by atoms with E-state index in [1.165, 1.54) is 19.3 Å². The molecule has 3 heteroatoms. The van der Waals surface area contributed by atoms with Gasteiger partial charge in [0.1, 0.15) is 0 Å². The predicted molar refractivity (Wildman–Crippen MR) is 78.2 cm³/mol. The van der Waals surface area contributed by atoms with Gasteiger partial charge in [-0.1, -0.05) is 6.92 Å². The van der Waals surface area contributed by atoms with E-state index < -0.39 is 0 Å². The van der Waals surface area contributed by atoms with Gasteiger partial charge in [-0.05, 0) is 62.7 Å². The molecule has 4 fully saturated rings. The normalized spacial score (nSPS) is 43.5. The molecule has 2 atom stereocenters. The second-order valence-corrected chi connectivity index (χ2v) is 8.00. The molecule has 19 heavy (non-hydrogen) atoms. The molecule has 0 aromatic carbocycles. The summed E-state index contributed by atoms with van der Waals surface area (Å²) in [6, 6.07) is 0. The van der Waals surface area contributed by atoms with Crippen LogP contribution in [0, 0.1) is 22.7 Å². The highest BCUT2D eigenvalue weighted by atomic mass is 35.5. The van der Waals surface area contributed by atoms with Gasteiger partial charge in [-0.25, -0.2) is 0 Å². The molecule has 0 aromatic heterocycles. The van der Waals surface area contributed by atoms with Crippen LogP contribution in [0.25, 0.3) is 0 Å². The average Bonchev–Trinajstić information content (AvgIpc) is 2.32. The number of alkyl halides is 1. The van der Waals surface area contributed by atoms with Gasteiger partial charge in [0.2, 0.25) is 5.91 Å². The first-order valence-electron chi connectivity index (χ1n) is 7.86. The van der Waals surface area contributed by atoms with Gasteiger partial charge in [0.05, 0.1) is 5.41 Å². The minimum absolute atomic E-state index is 0.0269. The molecule has 0 N–H and O–H groups in total. The molecule has 4 aliphatic rings. The summed E-state index contributed by atoms with van der Waals surface area (Å²) in [5.41, 5.74) is 0.418. The second-order valence-electron chi connectivity index (χ2n) is 7.63. The highest BCUT2D eigenvalue weighted by Crippen LogP contribution is 2.65. The van der Waals surface area contributed by atoms with Crippen molar-refractivity contribution in [3.63, 3.8) is 0 Å². The van der Waals surface area contributed by atoms with E-state index in [0.29, 0.717) is 23.7 Å². The van der Waals surface area contributed by atoms with Crippen LogP contribution in [-0.4, -0.2) is 29.8 Å². The summed E-state index contributed by atoms with van der Waals surface area (Å²) in [6.45, 7) is 6.01. The van der Waals surface area contributed by atoms with Crippen molar-refractivity contribution < 1.29 is 4.79 Å². The van der Waals surface area contributed by atoms with Gasteiger partial charge in [0.15, 0.2) is 0 Å². The highest BCUT2D eigenvalue weighted by molar-refractivity contribution is 6.18. The largest absolute Gasteiger partial charge is 0.341 e. The maximum Gasteiger partial charge on any atom is 0.228 e. The molecule has 108 valence electrons. The zero-order chi connectivity index (χ0) is 13.7. The van der Waals surface area contributed by atoms with E-state index in [1.54, 1.807) is 0 Å². The van der Waals surface area contributed by atoms with Gasteiger partial charge in [0, 0.05) is 19.0 Å². The van der Waals surface area contributed by atoms with Crippen LogP contribution in [0.3, 0.4) is 0 Å². The number of hydrogen-bond acceptors (Lipinski definition) is 1. The number of carbonyl (C=O) groups is 1. The monoisotopic (exact) mass is 283 g/mol. The van der Waals surface area contributed by atoms with E-state index in [4.69, 9.17) is 11.6 Å². The second kappa shape index (κ2) is 4.65. The lowest BCUT2D eigenvalue weighted by molar-refractivity contribution is -0.165. The van der Waals surface area contributed by atoms with Crippen molar-refractivity contribution >= 4 is 17.5 Å². The van der Waals surface area contributed by atoms with Crippen molar-refractivity contribution in [2.45, 2.75) is 52.4 Å². The third kappa shape index (κ3) is 2.20. The van der Waals surface area contributed by atoms with Gasteiger partial charge < -0.3 is 4.90 Å². The summed E-state index contributed by atoms with van der Waals surface area (Å²) in [4.78, 5) is 15.0. The molecular formula is C16H26ClNO. The Labute approximate surface area is 121 Å². The van der Waals surface area contributed by atoms with E-state index in [2.05, 4.69) is 13.8 Å². The summed E-state index contributed by atoms with van der Waals surface area (Å²) in [6.07, 6.45) is 7.53. The van der Waals surface area contributed by atoms with Crippen LogP contribution in [0.2, 0.25) is 0 Å². The summed E-state index contributed by atoms with van der Waals surface area (Å²) in [5.74, 6) is 2.59. The molecule has 4 bridgehead atoms. The number of rotatable bonds is 4. The maximum atomic E-state index is 13.0. The fourth-order valence-electron chi connectivity index (χ4n) is 5.81. The molecule has 0 radical (unpaired) electrons. The smallest absolute Gasteiger partial charge is 0.228 e. The quantitative estimate of drug-likeness (QED) is 0.721. The molecule has 4 saturated carbocycles. The summed E-state index contributed by atoms with van der Waals surface area (Å²) in [7, 11) is 0. The molecule has 0 aromatic rings. The van der Waals surface area contributed by atoms with Crippen LogP contribution in [-0.2, 0) is 4.79 Å². The lowest BCUT2D eigenvalue weighted by Gasteiger charge is -2.61. The highest BCUT2D eigenvalue weighted by Gasteiger charge is 2.59. The van der Waals surface area contributed by atoms with Crippen molar-refractivity contribution in [3.05, 3.63) is 0 Å². The first-order valence-corrected chi connectivity index (χ1v) is 8.39. The SMILES string of the molecule is CCN(CCCl)C(=O)C12CC3CC(CC(C)(C3)C1)C2. The number of halogens is 1. The Morgan fingerprint density at radius 1 is 1.26 bits per heavy atom. The van der Waals surface area contributed by atoms with Crippen molar-refractivity contribution in [2.75, 3.05) is 19.0 Å². The van der Waals surface area contributed by atoms with Crippen molar-refractivity contribution in [2.24, 2.45) is 22.7 Å². The van der Waals surface area contributed by atoms with Crippen molar-refractivity contribution in [1.29, 1.82) is 0 Å². The molecule has 2 unspecified atom stereocenters. The minimum Gasteiger partial charge on any atom is -0.341 e. The fourth-order valence-corrected chi connectivity index (χ4v) is 6.02. The molecule has 0 aliphatic heterocycles. The Morgan fingerprint density at radius 2 is 1.89 bits per heavy atom. The molecule has 0 heterocycles. The van der Waals surface area contributed by atoms with Gasteiger partial charge in [-0.2, -0.15) is 0 Å². The van der Waals surface area contributed by atoms with Crippen LogP contribution in [0.4, 0.5) is 0 Å². The molecule has 2 nitrogen and oxygen atoms in total. The minimum atomic E-state index is -0.0269. The Kier molecular flexibility index (Phi) is 3.36. The third-order valence-corrected chi connectivity index (χ3v) is 6.00. The standard InChI is InChI=1S/C16H26ClNO/c1-3-18(5-4-17)14(19)16-9-12-6-13(10-16)8-15(2,7-12)11-16/h12-13H,3-11H2,1-2H3. The van der Waals surface area contributed by atoms with E-state index in [1.807, 2.05) is 4.90 Å². The predicted octanol–water partition coefficient (Wildman–Crippen LogP) is 3.68. The Balaban J connectivity index is 1.85. The molecule has 0 saturated heterocycles. The Morgan fingerprint density at radius 3 is 2.37 bits per heavy atom. The van der Waals surface area contributed by atoms with Gasteiger partial charge in [-0.3, -0.25) is 4.79 Å². The van der Waals surface area contributed by atoms with Gasteiger partial charge in [0.25, 0.3) is 0 Å². The average molecular weight is 284 g/mol. The Bertz CT molecular complexity index is 367. The Hall–Kier alpha value is -0.240. The maximum absolute atomic E-state index is 13.0. The van der Waals surface area contributed by atoms with E-state index in [0.717, 1.165) is 37.6 Å². The first-order chi connectivity index (χ1) is 9.00. The lowest BCUT2D eigenvalue weighted by atomic mass is 9.44. The molecule has 0 spiro atoms. The van der Waals surface area contributed by atoms with Crippen LogP contribution in [0.15, 0.2) is 0 Å². The van der Waals surface area contributed by atoms with E-state index >= 15 is 0 Å². The summed E-state index contributed by atoms with van der Waals surface area (Å²) in [5, 5.41) is 0. The molecule has 4 rings (SSSR count). The van der Waals surface area contributed by atoms with Gasteiger partial charge in [-0.15, -0.1) is 11.6 Å². The van der Waals surface area contributed by atoms with E-state index in [9.17, 15) is 4.79 Å². The number of carbonyl (C=O) groups excluding carboxylic acids is 1. The number of amides is 1. The zero-order valence-electron chi connectivity index (χ0n) is 12.3. The van der Waals surface area contributed by atoms with Crippen molar-refractivity contribution in [1.82, 2.24) is 4.90 Å². The first kappa shape index (κ1) is 13.7. The summed E-state index contributed by atoms with van der Waals surface area (Å²) < 4.78 is 0. The fraction of sp³-hybridized carbons (Fsp3) is 0.938.